The third kappa shape index (κ3) is 4.64. The number of piperazine rings is 1. The van der Waals surface area contributed by atoms with Crippen molar-refractivity contribution in [1.82, 2.24) is 19.0 Å². The van der Waals surface area contributed by atoms with E-state index in [0.717, 1.165) is 49.7 Å². The van der Waals surface area contributed by atoms with Crippen molar-refractivity contribution in [3.05, 3.63) is 76.6 Å². The van der Waals surface area contributed by atoms with Crippen molar-refractivity contribution >= 4 is 5.82 Å². The molecular formula is C25H33N5O2. The third-order valence-electron chi connectivity index (χ3n) is 6.49. The Hall–Kier alpha value is -2.90. The van der Waals surface area contributed by atoms with Gasteiger partial charge in [-0.25, -0.2) is 9.78 Å². The average molecular weight is 436 g/mol. The van der Waals surface area contributed by atoms with Crippen LogP contribution >= 0.6 is 0 Å². The molecule has 1 aromatic carbocycles. The molecule has 1 aliphatic rings. The van der Waals surface area contributed by atoms with Gasteiger partial charge in [0.25, 0.3) is 0 Å². The molecule has 0 atom stereocenters. The van der Waals surface area contributed by atoms with E-state index in [1.54, 1.807) is 16.2 Å². The Bertz CT molecular complexity index is 1090. The number of imidazole rings is 1. The minimum atomic E-state index is -0.360. The van der Waals surface area contributed by atoms with Gasteiger partial charge < -0.3 is 14.5 Å². The highest BCUT2D eigenvalue weighted by molar-refractivity contribution is 5.47. The first-order valence-electron chi connectivity index (χ1n) is 11.2. The summed E-state index contributed by atoms with van der Waals surface area (Å²) in [5.74, 6) is 1.05. The van der Waals surface area contributed by atoms with Crippen LogP contribution in [-0.2, 0) is 23.3 Å². The maximum Gasteiger partial charge on any atom is 0.332 e. The summed E-state index contributed by atoms with van der Waals surface area (Å²) in [6, 6.07) is 12.1. The number of pyridine rings is 1. The minimum absolute atomic E-state index is 0.0335. The van der Waals surface area contributed by atoms with Gasteiger partial charge in [-0.15, -0.1) is 0 Å². The Balaban J connectivity index is 1.48. The molecule has 3 heterocycles. The molecule has 4 rings (SSSR count). The number of anilines is 1. The molecule has 2 aromatic heterocycles. The number of nitrogens with zero attached hydrogens (tertiary/aromatic N) is 5. The van der Waals surface area contributed by atoms with Crippen molar-refractivity contribution in [3.8, 4) is 5.69 Å². The van der Waals surface area contributed by atoms with Crippen LogP contribution in [0.1, 0.15) is 25.0 Å². The van der Waals surface area contributed by atoms with Crippen molar-refractivity contribution in [2.75, 3.05) is 45.2 Å². The van der Waals surface area contributed by atoms with Gasteiger partial charge in [0.15, 0.2) is 0 Å². The lowest BCUT2D eigenvalue weighted by atomic mass is 9.98. The van der Waals surface area contributed by atoms with Gasteiger partial charge in [-0.1, -0.05) is 18.2 Å². The first-order valence-corrected chi connectivity index (χ1v) is 11.2. The summed E-state index contributed by atoms with van der Waals surface area (Å²) < 4.78 is 9.01. The molecule has 32 heavy (non-hydrogen) atoms. The van der Waals surface area contributed by atoms with Gasteiger partial charge in [0.1, 0.15) is 5.82 Å². The van der Waals surface area contributed by atoms with Crippen molar-refractivity contribution < 1.29 is 4.74 Å². The zero-order valence-corrected chi connectivity index (χ0v) is 19.5. The molecule has 7 nitrogen and oxygen atoms in total. The maximum atomic E-state index is 13.0. The molecule has 0 saturated carbocycles. The van der Waals surface area contributed by atoms with Crippen LogP contribution in [0.15, 0.2) is 59.8 Å². The van der Waals surface area contributed by atoms with Crippen molar-refractivity contribution in [2.45, 2.75) is 32.4 Å². The Morgan fingerprint density at radius 1 is 1.03 bits per heavy atom. The van der Waals surface area contributed by atoms with E-state index in [1.807, 2.05) is 62.8 Å². The predicted molar refractivity (Wildman–Crippen MR) is 128 cm³/mol. The van der Waals surface area contributed by atoms with Gasteiger partial charge in [0.2, 0.25) is 0 Å². The predicted octanol–water partition coefficient (Wildman–Crippen LogP) is 2.91. The van der Waals surface area contributed by atoms with Gasteiger partial charge in [-0.3, -0.25) is 9.13 Å². The van der Waals surface area contributed by atoms with Crippen LogP contribution in [0.25, 0.3) is 5.69 Å². The van der Waals surface area contributed by atoms with Crippen LogP contribution in [0.5, 0.6) is 0 Å². The van der Waals surface area contributed by atoms with E-state index < -0.39 is 0 Å². The average Bonchev–Trinajstić information content (AvgIpc) is 3.18. The largest absolute Gasteiger partial charge is 0.374 e. The van der Waals surface area contributed by atoms with Crippen LogP contribution in [0, 0.1) is 0 Å². The molecule has 1 fully saturated rings. The van der Waals surface area contributed by atoms with Crippen LogP contribution in [-0.4, -0.2) is 59.4 Å². The number of rotatable bonds is 7. The summed E-state index contributed by atoms with van der Waals surface area (Å²) in [4.78, 5) is 22.4. The Labute approximate surface area is 189 Å². The Kier molecular flexibility index (Phi) is 6.48. The maximum absolute atomic E-state index is 13.0. The minimum Gasteiger partial charge on any atom is -0.374 e. The highest BCUT2D eigenvalue weighted by Gasteiger charge is 2.20. The number of likely N-dealkylation sites (N-methyl/N-ethyl adjacent to an activating group) is 1. The molecule has 0 amide bonds. The number of hydrogen-bond acceptors (Lipinski definition) is 5. The highest BCUT2D eigenvalue weighted by atomic mass is 16.5. The second kappa shape index (κ2) is 9.30. The lowest BCUT2D eigenvalue weighted by molar-refractivity contribution is 0.0192. The molecule has 170 valence electrons. The van der Waals surface area contributed by atoms with E-state index in [2.05, 4.69) is 27.9 Å². The van der Waals surface area contributed by atoms with Gasteiger partial charge in [-0.05, 0) is 56.6 Å². The molecule has 0 aliphatic carbocycles. The first kappa shape index (κ1) is 22.3. The summed E-state index contributed by atoms with van der Waals surface area (Å²) in [7, 11) is 3.86. The van der Waals surface area contributed by atoms with Crippen LogP contribution in [0.4, 0.5) is 5.82 Å². The number of benzene rings is 1. The van der Waals surface area contributed by atoms with Crippen LogP contribution in [0.2, 0.25) is 0 Å². The zero-order valence-electron chi connectivity index (χ0n) is 19.5. The van der Waals surface area contributed by atoms with E-state index >= 15 is 0 Å². The third-order valence-corrected chi connectivity index (χ3v) is 6.49. The monoisotopic (exact) mass is 435 g/mol. The fraction of sp³-hybridized carbons (Fsp3) is 0.440. The van der Waals surface area contributed by atoms with Crippen molar-refractivity contribution in [1.29, 1.82) is 0 Å². The van der Waals surface area contributed by atoms with Gasteiger partial charge in [-0.2, -0.15) is 0 Å². The zero-order chi connectivity index (χ0) is 22.7. The second-order valence-corrected chi connectivity index (χ2v) is 8.93. The molecular weight excluding hydrogens is 402 g/mol. The second-order valence-electron chi connectivity index (χ2n) is 8.93. The molecule has 3 aromatic rings. The number of methoxy groups -OCH3 is 1. The SMILES string of the molecule is COC(C)(C)c1ccc(-n2ccn(CCc3cccnc3N3CCN(C)CC3)c2=O)cc1. The van der Waals surface area contributed by atoms with Gasteiger partial charge in [0.05, 0.1) is 11.3 Å². The van der Waals surface area contributed by atoms with Crippen LogP contribution in [0.3, 0.4) is 0 Å². The smallest absolute Gasteiger partial charge is 0.332 e. The van der Waals surface area contributed by atoms with Crippen molar-refractivity contribution in [3.63, 3.8) is 0 Å². The molecule has 7 heteroatoms. The van der Waals surface area contributed by atoms with E-state index in [4.69, 9.17) is 4.74 Å². The van der Waals surface area contributed by atoms with E-state index in [-0.39, 0.29) is 11.3 Å². The molecule has 1 saturated heterocycles. The number of ether oxygens (including phenoxy) is 1. The molecule has 0 bridgehead atoms. The van der Waals surface area contributed by atoms with Gasteiger partial charge in [0, 0.05) is 58.4 Å². The topological polar surface area (TPSA) is 55.5 Å². The Morgan fingerprint density at radius 2 is 1.75 bits per heavy atom. The molecule has 1 aliphatic heterocycles. The summed E-state index contributed by atoms with van der Waals surface area (Å²) in [5, 5.41) is 0. The quantitative estimate of drug-likeness (QED) is 0.571. The number of aromatic nitrogens is 3. The summed E-state index contributed by atoms with van der Waals surface area (Å²) in [6.07, 6.45) is 6.32. The van der Waals surface area contributed by atoms with Gasteiger partial charge >= 0.3 is 5.69 Å². The summed E-state index contributed by atoms with van der Waals surface area (Å²) in [6.45, 7) is 8.71. The number of hydrogen-bond donors (Lipinski definition) is 0. The first-order chi connectivity index (χ1) is 15.4. The standard InChI is InChI=1S/C25H33N5O2/c1-25(2,32-4)21-7-9-22(10-8-21)30-19-18-29(24(30)31)13-11-20-6-5-12-26-23(20)28-16-14-27(3)15-17-28/h5-10,12,18-19H,11,13-17H2,1-4H3. The molecule has 0 N–H and O–H groups in total. The fourth-order valence-electron chi connectivity index (χ4n) is 4.09. The normalized spacial score (nSPS) is 15.3. The van der Waals surface area contributed by atoms with Crippen LogP contribution < -0.4 is 10.6 Å². The molecule has 0 radical (unpaired) electrons. The summed E-state index contributed by atoms with van der Waals surface area (Å²) >= 11 is 0. The summed E-state index contributed by atoms with van der Waals surface area (Å²) in [5.41, 5.74) is 2.71. The lowest BCUT2D eigenvalue weighted by Gasteiger charge is -2.34. The highest BCUT2D eigenvalue weighted by Crippen LogP contribution is 2.24. The van der Waals surface area contributed by atoms with E-state index in [9.17, 15) is 4.79 Å². The molecule has 0 unspecified atom stereocenters. The van der Waals surface area contributed by atoms with Crippen molar-refractivity contribution in [2.24, 2.45) is 0 Å². The Morgan fingerprint density at radius 3 is 2.44 bits per heavy atom. The van der Waals surface area contributed by atoms with E-state index in [1.165, 1.54) is 5.56 Å². The lowest BCUT2D eigenvalue weighted by Crippen LogP contribution is -2.45. The molecule has 0 spiro atoms. The number of aryl methyl sites for hydroxylation is 2. The van der Waals surface area contributed by atoms with E-state index in [0.29, 0.717) is 6.54 Å². The fourth-order valence-corrected chi connectivity index (χ4v) is 4.09.